The van der Waals surface area contributed by atoms with Crippen LogP contribution in [0.3, 0.4) is 0 Å². The van der Waals surface area contributed by atoms with Crippen LogP contribution in [-0.4, -0.2) is 28.2 Å². The lowest BCUT2D eigenvalue weighted by Crippen LogP contribution is -2.36. The molecule has 162 valence electrons. The van der Waals surface area contributed by atoms with Crippen molar-refractivity contribution in [1.82, 2.24) is 15.1 Å². The molecule has 0 fully saturated rings. The summed E-state index contributed by atoms with van der Waals surface area (Å²) in [7, 11) is 1.94. The molecule has 1 aromatic heterocycles. The summed E-state index contributed by atoms with van der Waals surface area (Å²) in [6.45, 7) is 8.48. The first-order valence-corrected chi connectivity index (χ1v) is 10.6. The Morgan fingerprint density at radius 1 is 1.13 bits per heavy atom. The van der Waals surface area contributed by atoms with Crippen LogP contribution in [0.2, 0.25) is 5.02 Å². The van der Waals surface area contributed by atoms with Gasteiger partial charge in [0.05, 0.1) is 5.69 Å². The predicted octanol–water partition coefficient (Wildman–Crippen LogP) is 4.75. The van der Waals surface area contributed by atoms with Crippen molar-refractivity contribution in [3.8, 4) is 0 Å². The maximum absolute atomic E-state index is 12.8. The van der Waals surface area contributed by atoms with Crippen LogP contribution in [0.5, 0.6) is 0 Å². The number of carbonyl (C=O) groups is 1. The molecule has 3 aromatic rings. The van der Waals surface area contributed by atoms with E-state index in [0.717, 1.165) is 34.6 Å². The molecule has 0 atom stereocenters. The normalized spacial score (nSPS) is 11.5. The molecule has 0 aliphatic rings. The third-order valence-corrected chi connectivity index (χ3v) is 5.49. The number of aliphatic imine (C=N–C) groups is 1. The fourth-order valence-corrected chi connectivity index (χ4v) is 3.56. The predicted molar refractivity (Wildman–Crippen MR) is 127 cm³/mol. The van der Waals surface area contributed by atoms with Crippen molar-refractivity contribution in [2.75, 3.05) is 11.9 Å². The first-order chi connectivity index (χ1) is 14.7. The van der Waals surface area contributed by atoms with Gasteiger partial charge in [-0.05, 0) is 69.5 Å². The zero-order valence-electron chi connectivity index (χ0n) is 18.6. The SMILES string of the molecule is Cc1cccc(C(=O)NC(=NCCc2c(C)nn(C)c2C)Nc2cc(Cl)ccc2C)c1. The number of nitrogens with one attached hydrogen (secondary N) is 2. The largest absolute Gasteiger partial charge is 0.326 e. The van der Waals surface area contributed by atoms with Crippen molar-refractivity contribution in [2.45, 2.75) is 34.1 Å². The number of hydrogen-bond donors (Lipinski definition) is 2. The first-order valence-electron chi connectivity index (χ1n) is 10.2. The average Bonchev–Trinajstić information content (AvgIpc) is 2.96. The van der Waals surface area contributed by atoms with E-state index in [1.807, 2.05) is 75.8 Å². The van der Waals surface area contributed by atoms with Crippen LogP contribution in [-0.2, 0) is 13.5 Å². The summed E-state index contributed by atoms with van der Waals surface area (Å²) in [4.78, 5) is 17.5. The number of anilines is 1. The van der Waals surface area contributed by atoms with Crippen molar-refractivity contribution < 1.29 is 4.79 Å². The summed E-state index contributed by atoms with van der Waals surface area (Å²) in [5.74, 6) is 0.166. The Kier molecular flexibility index (Phi) is 7.13. The third-order valence-electron chi connectivity index (χ3n) is 5.26. The van der Waals surface area contributed by atoms with E-state index in [2.05, 4.69) is 20.7 Å². The molecular weight excluding hydrogens is 410 g/mol. The van der Waals surface area contributed by atoms with Gasteiger partial charge in [0.25, 0.3) is 5.91 Å². The number of halogens is 1. The quantitative estimate of drug-likeness (QED) is 0.447. The average molecular weight is 438 g/mol. The monoisotopic (exact) mass is 437 g/mol. The van der Waals surface area contributed by atoms with Crippen LogP contribution < -0.4 is 10.6 Å². The lowest BCUT2D eigenvalue weighted by molar-refractivity contribution is 0.0977. The molecule has 0 unspecified atom stereocenters. The number of hydrogen-bond acceptors (Lipinski definition) is 3. The summed E-state index contributed by atoms with van der Waals surface area (Å²) in [5.41, 5.74) is 6.69. The minimum absolute atomic E-state index is 0.219. The molecule has 0 bridgehead atoms. The highest BCUT2D eigenvalue weighted by atomic mass is 35.5. The van der Waals surface area contributed by atoms with Crippen LogP contribution in [0.25, 0.3) is 0 Å². The van der Waals surface area contributed by atoms with E-state index in [4.69, 9.17) is 11.6 Å². The molecule has 2 aromatic carbocycles. The fourth-order valence-electron chi connectivity index (χ4n) is 3.39. The molecule has 6 nitrogen and oxygen atoms in total. The number of nitrogens with zero attached hydrogens (tertiary/aromatic N) is 3. The zero-order chi connectivity index (χ0) is 22.5. The maximum Gasteiger partial charge on any atom is 0.257 e. The highest BCUT2D eigenvalue weighted by Crippen LogP contribution is 2.20. The second-order valence-corrected chi connectivity index (χ2v) is 8.10. The van der Waals surface area contributed by atoms with Crippen LogP contribution in [0.1, 0.15) is 38.4 Å². The van der Waals surface area contributed by atoms with E-state index in [0.29, 0.717) is 23.1 Å². The second-order valence-electron chi connectivity index (χ2n) is 7.66. The molecule has 2 N–H and O–H groups in total. The summed E-state index contributed by atoms with van der Waals surface area (Å²) in [5, 5.41) is 11.2. The van der Waals surface area contributed by atoms with Crippen molar-refractivity contribution in [3.05, 3.63) is 81.1 Å². The molecule has 1 amide bonds. The number of aromatic nitrogens is 2. The van der Waals surface area contributed by atoms with Crippen molar-refractivity contribution >= 4 is 29.2 Å². The Hall–Kier alpha value is -3.12. The molecule has 1 heterocycles. The Balaban J connectivity index is 1.83. The van der Waals surface area contributed by atoms with Gasteiger partial charge in [0.15, 0.2) is 0 Å². The Morgan fingerprint density at radius 3 is 2.58 bits per heavy atom. The van der Waals surface area contributed by atoms with Gasteiger partial charge in [0.1, 0.15) is 0 Å². The molecule has 3 rings (SSSR count). The Morgan fingerprint density at radius 2 is 1.90 bits per heavy atom. The van der Waals surface area contributed by atoms with E-state index in [1.165, 1.54) is 5.56 Å². The number of aryl methyl sites for hydroxylation is 4. The van der Waals surface area contributed by atoms with Crippen molar-refractivity contribution in [3.63, 3.8) is 0 Å². The van der Waals surface area contributed by atoms with Gasteiger partial charge in [-0.15, -0.1) is 0 Å². The smallest absolute Gasteiger partial charge is 0.257 e. The van der Waals surface area contributed by atoms with Gasteiger partial charge in [-0.3, -0.25) is 19.8 Å². The third kappa shape index (κ3) is 5.73. The van der Waals surface area contributed by atoms with Gasteiger partial charge in [0, 0.05) is 35.6 Å². The summed E-state index contributed by atoms with van der Waals surface area (Å²) in [6, 6.07) is 13.0. The molecule has 0 aliphatic heterocycles. The first kappa shape index (κ1) is 22.6. The number of benzene rings is 2. The topological polar surface area (TPSA) is 71.3 Å². The highest BCUT2D eigenvalue weighted by Gasteiger charge is 2.12. The lowest BCUT2D eigenvalue weighted by atomic mass is 10.1. The van der Waals surface area contributed by atoms with Gasteiger partial charge in [0.2, 0.25) is 5.96 Å². The van der Waals surface area contributed by atoms with E-state index < -0.39 is 0 Å². The van der Waals surface area contributed by atoms with Crippen LogP contribution in [0.4, 0.5) is 5.69 Å². The fraction of sp³-hybridized carbons (Fsp3) is 0.292. The highest BCUT2D eigenvalue weighted by molar-refractivity contribution is 6.31. The van der Waals surface area contributed by atoms with Crippen molar-refractivity contribution in [2.24, 2.45) is 12.0 Å². The molecule has 0 radical (unpaired) electrons. The van der Waals surface area contributed by atoms with E-state index >= 15 is 0 Å². The van der Waals surface area contributed by atoms with Gasteiger partial charge in [-0.2, -0.15) is 5.10 Å². The molecule has 31 heavy (non-hydrogen) atoms. The standard InChI is InChI=1S/C24H28ClN5O/c1-15-7-6-8-19(13-15)23(31)28-24(27-22-14-20(25)10-9-16(22)2)26-12-11-21-17(3)29-30(5)18(21)4/h6-10,13-14H,11-12H2,1-5H3,(H2,26,27,28,31). The molecule has 0 aliphatic carbocycles. The Bertz CT molecular complexity index is 1130. The number of guanidine groups is 1. The van der Waals surface area contributed by atoms with Gasteiger partial charge in [-0.1, -0.05) is 35.4 Å². The summed E-state index contributed by atoms with van der Waals surface area (Å²) in [6.07, 6.45) is 0.728. The number of carbonyl (C=O) groups excluding carboxylic acids is 1. The van der Waals surface area contributed by atoms with Crippen molar-refractivity contribution in [1.29, 1.82) is 0 Å². The van der Waals surface area contributed by atoms with Gasteiger partial charge in [-0.25, -0.2) is 0 Å². The number of amides is 1. The maximum atomic E-state index is 12.8. The minimum Gasteiger partial charge on any atom is -0.326 e. The van der Waals surface area contributed by atoms with Crippen LogP contribution in [0.15, 0.2) is 47.5 Å². The molecule has 0 spiro atoms. The molecule has 0 saturated heterocycles. The van der Waals surface area contributed by atoms with Crippen LogP contribution in [0, 0.1) is 27.7 Å². The molecular formula is C24H28ClN5O. The van der Waals surface area contributed by atoms with E-state index in [1.54, 1.807) is 6.07 Å². The van der Waals surface area contributed by atoms with Gasteiger partial charge < -0.3 is 5.32 Å². The second kappa shape index (κ2) is 9.79. The van der Waals surface area contributed by atoms with Crippen LogP contribution >= 0.6 is 11.6 Å². The van der Waals surface area contributed by atoms with E-state index in [9.17, 15) is 4.79 Å². The zero-order valence-corrected chi connectivity index (χ0v) is 19.3. The molecule has 7 heteroatoms. The minimum atomic E-state index is -0.219. The molecule has 0 saturated carbocycles. The van der Waals surface area contributed by atoms with Gasteiger partial charge >= 0.3 is 0 Å². The summed E-state index contributed by atoms with van der Waals surface area (Å²) < 4.78 is 1.88. The summed E-state index contributed by atoms with van der Waals surface area (Å²) >= 11 is 6.16. The Labute approximate surface area is 188 Å². The van der Waals surface area contributed by atoms with E-state index in [-0.39, 0.29) is 5.91 Å². The lowest BCUT2D eigenvalue weighted by Gasteiger charge is -2.14. The number of rotatable bonds is 5.